The lowest BCUT2D eigenvalue weighted by atomic mass is 9.98. The lowest BCUT2D eigenvalue weighted by Crippen LogP contribution is -2.54. The van der Waals surface area contributed by atoms with Crippen molar-refractivity contribution in [2.45, 2.75) is 52.2 Å². The maximum Gasteiger partial charge on any atom is 0.246 e. The molecule has 0 radical (unpaired) electrons. The van der Waals surface area contributed by atoms with Gasteiger partial charge in [-0.15, -0.1) is 0 Å². The van der Waals surface area contributed by atoms with Crippen LogP contribution in [0.3, 0.4) is 0 Å². The molecule has 31 heavy (non-hydrogen) atoms. The van der Waals surface area contributed by atoms with Crippen molar-refractivity contribution in [3.63, 3.8) is 0 Å². The molecule has 6 heteroatoms. The molecule has 4 N–H and O–H groups in total. The second kappa shape index (κ2) is 12.2. The Kier molecular flexibility index (Phi) is 9.69. The molecule has 0 aliphatic heterocycles. The molecule has 0 aliphatic carbocycles. The molecule has 0 heterocycles. The Hall–Kier alpha value is -2.70. The van der Waals surface area contributed by atoms with Gasteiger partial charge >= 0.3 is 0 Å². The highest BCUT2D eigenvalue weighted by molar-refractivity contribution is 5.97. The van der Waals surface area contributed by atoms with E-state index in [1.165, 1.54) is 0 Å². The zero-order chi connectivity index (χ0) is 22.8. The molecule has 0 bridgehead atoms. The summed E-state index contributed by atoms with van der Waals surface area (Å²) >= 11 is 0. The summed E-state index contributed by atoms with van der Waals surface area (Å²) in [5.74, 6) is -0.294. The number of carbonyl (C=O) groups excluding carboxylic acids is 2. The highest BCUT2D eigenvalue weighted by Gasteiger charge is 2.30. The van der Waals surface area contributed by atoms with Gasteiger partial charge in [-0.25, -0.2) is 0 Å². The number of rotatable bonds is 11. The molecule has 0 saturated carbocycles. The molecule has 168 valence electrons. The first-order valence-electron chi connectivity index (χ1n) is 10.9. The van der Waals surface area contributed by atoms with Crippen molar-refractivity contribution < 1.29 is 14.7 Å². The Balaban J connectivity index is 2.13. The lowest BCUT2D eigenvalue weighted by Gasteiger charge is -2.29. The SMILES string of the molecule is CC(C)C[C@H](NC(=O)[C@H](N[C@@H](CO)c1ccccc1)C(C)C)C(=O)Nc1ccccc1. The second-order valence-electron chi connectivity index (χ2n) is 8.58. The molecule has 0 unspecified atom stereocenters. The summed E-state index contributed by atoms with van der Waals surface area (Å²) in [7, 11) is 0. The monoisotopic (exact) mass is 425 g/mol. The fourth-order valence-electron chi connectivity index (χ4n) is 3.44. The van der Waals surface area contributed by atoms with E-state index in [2.05, 4.69) is 16.0 Å². The first-order valence-corrected chi connectivity index (χ1v) is 10.9. The number of aliphatic hydroxyl groups is 1. The maximum absolute atomic E-state index is 13.2. The van der Waals surface area contributed by atoms with Crippen molar-refractivity contribution in [3.8, 4) is 0 Å². The highest BCUT2D eigenvalue weighted by Crippen LogP contribution is 2.16. The Bertz CT molecular complexity index is 809. The number of hydrogen-bond donors (Lipinski definition) is 4. The number of amides is 2. The number of anilines is 1. The van der Waals surface area contributed by atoms with Crippen LogP contribution in [0.25, 0.3) is 0 Å². The molecule has 2 aromatic rings. The van der Waals surface area contributed by atoms with E-state index in [1.807, 2.05) is 88.4 Å². The third-order valence-corrected chi connectivity index (χ3v) is 5.10. The molecular weight excluding hydrogens is 390 g/mol. The summed E-state index contributed by atoms with van der Waals surface area (Å²) in [4.78, 5) is 26.1. The van der Waals surface area contributed by atoms with Gasteiger partial charge in [0.25, 0.3) is 0 Å². The van der Waals surface area contributed by atoms with E-state index >= 15 is 0 Å². The number of benzene rings is 2. The van der Waals surface area contributed by atoms with E-state index in [0.717, 1.165) is 5.56 Å². The molecule has 0 aromatic heterocycles. The first-order chi connectivity index (χ1) is 14.8. The van der Waals surface area contributed by atoms with Gasteiger partial charge in [0.1, 0.15) is 6.04 Å². The fraction of sp³-hybridized carbons (Fsp3) is 0.440. The van der Waals surface area contributed by atoms with Crippen LogP contribution in [-0.2, 0) is 9.59 Å². The third kappa shape index (κ3) is 7.81. The van der Waals surface area contributed by atoms with Gasteiger partial charge in [0.2, 0.25) is 11.8 Å². The van der Waals surface area contributed by atoms with Gasteiger partial charge in [0, 0.05) is 5.69 Å². The fourth-order valence-corrected chi connectivity index (χ4v) is 3.44. The van der Waals surface area contributed by atoms with Crippen LogP contribution in [0.4, 0.5) is 5.69 Å². The van der Waals surface area contributed by atoms with Crippen molar-refractivity contribution in [2.75, 3.05) is 11.9 Å². The molecule has 2 amide bonds. The molecule has 0 saturated heterocycles. The summed E-state index contributed by atoms with van der Waals surface area (Å²) in [5.41, 5.74) is 1.60. The number of nitrogens with one attached hydrogen (secondary N) is 3. The summed E-state index contributed by atoms with van der Waals surface area (Å²) in [6, 6.07) is 17.2. The van der Waals surface area contributed by atoms with Crippen molar-refractivity contribution in [1.29, 1.82) is 0 Å². The predicted octanol–water partition coefficient (Wildman–Crippen LogP) is 3.50. The van der Waals surface area contributed by atoms with Crippen LogP contribution in [0.2, 0.25) is 0 Å². The Morgan fingerprint density at radius 3 is 1.97 bits per heavy atom. The van der Waals surface area contributed by atoms with Crippen LogP contribution in [0.1, 0.15) is 45.7 Å². The highest BCUT2D eigenvalue weighted by atomic mass is 16.3. The van der Waals surface area contributed by atoms with E-state index in [9.17, 15) is 14.7 Å². The summed E-state index contributed by atoms with van der Waals surface area (Å²) in [6.07, 6.45) is 0.525. The summed E-state index contributed by atoms with van der Waals surface area (Å²) in [6.45, 7) is 7.79. The average molecular weight is 426 g/mol. The molecule has 0 aliphatic rings. The molecule has 3 atom stereocenters. The Morgan fingerprint density at radius 2 is 1.45 bits per heavy atom. The van der Waals surface area contributed by atoms with Gasteiger partial charge in [-0.05, 0) is 36.0 Å². The van der Waals surface area contributed by atoms with Crippen LogP contribution in [0, 0.1) is 11.8 Å². The van der Waals surface area contributed by atoms with Gasteiger partial charge in [-0.3, -0.25) is 14.9 Å². The maximum atomic E-state index is 13.2. The molecule has 2 rings (SSSR count). The molecular formula is C25H35N3O3. The number of para-hydroxylation sites is 1. The minimum absolute atomic E-state index is 0.0327. The zero-order valence-electron chi connectivity index (χ0n) is 18.8. The number of carbonyl (C=O) groups is 2. The number of aliphatic hydroxyl groups excluding tert-OH is 1. The normalized spacial score (nSPS) is 14.2. The van der Waals surface area contributed by atoms with Gasteiger partial charge in [-0.2, -0.15) is 0 Å². The first kappa shape index (κ1) is 24.6. The van der Waals surface area contributed by atoms with Crippen LogP contribution >= 0.6 is 0 Å². The van der Waals surface area contributed by atoms with Crippen LogP contribution in [-0.4, -0.2) is 35.6 Å². The van der Waals surface area contributed by atoms with Gasteiger partial charge < -0.3 is 15.7 Å². The quantitative estimate of drug-likeness (QED) is 0.444. The molecule has 6 nitrogen and oxygen atoms in total. The molecule has 2 aromatic carbocycles. The van der Waals surface area contributed by atoms with Crippen molar-refractivity contribution in [1.82, 2.24) is 10.6 Å². The van der Waals surface area contributed by atoms with Gasteiger partial charge in [0.05, 0.1) is 18.7 Å². The second-order valence-corrected chi connectivity index (χ2v) is 8.58. The van der Waals surface area contributed by atoms with Crippen molar-refractivity contribution in [2.24, 2.45) is 11.8 Å². The lowest BCUT2D eigenvalue weighted by molar-refractivity contribution is -0.129. The predicted molar refractivity (Wildman–Crippen MR) is 124 cm³/mol. The topological polar surface area (TPSA) is 90.5 Å². The summed E-state index contributed by atoms with van der Waals surface area (Å²) < 4.78 is 0. The molecule has 0 spiro atoms. The smallest absolute Gasteiger partial charge is 0.246 e. The van der Waals surface area contributed by atoms with E-state index in [1.54, 1.807) is 0 Å². The number of hydrogen-bond acceptors (Lipinski definition) is 4. The van der Waals surface area contributed by atoms with Gasteiger partial charge in [0.15, 0.2) is 0 Å². The Labute approximate surface area is 185 Å². The van der Waals surface area contributed by atoms with E-state index in [4.69, 9.17) is 0 Å². The standard InChI is InChI=1S/C25H35N3O3/c1-17(2)15-21(24(30)26-20-13-9-6-10-14-20)28-25(31)23(18(3)4)27-22(16-29)19-11-7-5-8-12-19/h5-14,17-18,21-23,27,29H,15-16H2,1-4H3,(H,26,30)(H,28,31)/t21-,22-,23+/m0/s1. The average Bonchev–Trinajstić information content (AvgIpc) is 2.74. The minimum Gasteiger partial charge on any atom is -0.394 e. The Morgan fingerprint density at radius 1 is 0.871 bits per heavy atom. The van der Waals surface area contributed by atoms with Gasteiger partial charge in [-0.1, -0.05) is 76.2 Å². The third-order valence-electron chi connectivity index (χ3n) is 5.10. The summed E-state index contributed by atoms with van der Waals surface area (Å²) in [5, 5.41) is 19.0. The minimum atomic E-state index is -0.653. The van der Waals surface area contributed by atoms with Crippen LogP contribution in [0.5, 0.6) is 0 Å². The van der Waals surface area contributed by atoms with E-state index in [-0.39, 0.29) is 36.3 Å². The largest absolute Gasteiger partial charge is 0.394 e. The van der Waals surface area contributed by atoms with Crippen molar-refractivity contribution in [3.05, 3.63) is 66.2 Å². The van der Waals surface area contributed by atoms with Crippen molar-refractivity contribution >= 4 is 17.5 Å². The van der Waals surface area contributed by atoms with Crippen LogP contribution < -0.4 is 16.0 Å². The zero-order valence-corrected chi connectivity index (χ0v) is 18.8. The van der Waals surface area contributed by atoms with E-state index < -0.39 is 12.1 Å². The van der Waals surface area contributed by atoms with Crippen LogP contribution in [0.15, 0.2) is 60.7 Å². The van der Waals surface area contributed by atoms with E-state index in [0.29, 0.717) is 12.1 Å². The molecule has 0 fully saturated rings.